The lowest BCUT2D eigenvalue weighted by Gasteiger charge is -2.54. The molecule has 0 aromatic rings. The maximum absolute atomic E-state index is 11.8. The Balaban J connectivity index is 2.41. The molecule has 0 unspecified atom stereocenters. The highest BCUT2D eigenvalue weighted by atomic mass is 16.3. The van der Waals surface area contributed by atoms with Gasteiger partial charge in [-0.1, -0.05) is 12.5 Å². The summed E-state index contributed by atoms with van der Waals surface area (Å²) >= 11 is 0. The van der Waals surface area contributed by atoms with Gasteiger partial charge in [0.05, 0.1) is 24.4 Å². The summed E-state index contributed by atoms with van der Waals surface area (Å²) in [6.07, 6.45) is -0.0327. The Labute approximate surface area is 118 Å². The monoisotopic (exact) mass is 284 g/mol. The summed E-state index contributed by atoms with van der Waals surface area (Å²) in [6, 6.07) is 0. The number of carbonyl (C=O) groups is 1. The molecule has 114 valence electrons. The van der Waals surface area contributed by atoms with E-state index in [2.05, 4.69) is 0 Å². The molecule has 0 aliphatic heterocycles. The number of allylic oxidation sites excluding steroid dienone is 2. The number of ketones is 1. The van der Waals surface area contributed by atoms with Gasteiger partial charge in [0.2, 0.25) is 0 Å². The van der Waals surface area contributed by atoms with E-state index in [0.717, 1.165) is 5.57 Å². The number of aliphatic hydroxyl groups is 4. The predicted molar refractivity (Wildman–Crippen MR) is 72.8 cm³/mol. The third-order valence-corrected chi connectivity index (χ3v) is 5.31. The van der Waals surface area contributed by atoms with Gasteiger partial charge >= 0.3 is 0 Å². The number of hydrogen-bond donors (Lipinski definition) is 4. The Kier molecular flexibility index (Phi) is 3.84. The van der Waals surface area contributed by atoms with Crippen molar-refractivity contribution in [2.24, 2.45) is 17.3 Å². The lowest BCUT2D eigenvalue weighted by atomic mass is 9.53. The quantitative estimate of drug-likeness (QED) is 0.573. The molecule has 2 aliphatic carbocycles. The number of fused-ring (bicyclic) bond motifs is 1. The van der Waals surface area contributed by atoms with E-state index >= 15 is 0 Å². The number of carbonyl (C=O) groups excluding carboxylic acids is 1. The minimum absolute atomic E-state index is 0.0418. The van der Waals surface area contributed by atoms with Crippen LogP contribution in [0.1, 0.15) is 33.6 Å². The molecule has 0 bridgehead atoms. The van der Waals surface area contributed by atoms with Crippen LogP contribution < -0.4 is 0 Å². The summed E-state index contributed by atoms with van der Waals surface area (Å²) in [7, 11) is 0. The van der Waals surface area contributed by atoms with Crippen molar-refractivity contribution in [3.63, 3.8) is 0 Å². The van der Waals surface area contributed by atoms with Crippen LogP contribution in [0.3, 0.4) is 0 Å². The second kappa shape index (κ2) is 4.91. The largest absolute Gasteiger partial charge is 0.393 e. The highest BCUT2D eigenvalue weighted by Gasteiger charge is 2.56. The molecule has 0 aromatic heterocycles. The normalized spacial score (nSPS) is 44.5. The molecule has 0 aromatic carbocycles. The van der Waals surface area contributed by atoms with E-state index in [1.807, 2.05) is 13.8 Å². The highest BCUT2D eigenvalue weighted by molar-refractivity contribution is 5.92. The molecule has 5 heteroatoms. The Morgan fingerprint density at radius 2 is 2.05 bits per heavy atom. The minimum Gasteiger partial charge on any atom is -0.393 e. The van der Waals surface area contributed by atoms with E-state index in [1.54, 1.807) is 6.08 Å². The molecule has 0 amide bonds. The second-order valence-corrected chi connectivity index (χ2v) is 6.88. The van der Waals surface area contributed by atoms with Crippen LogP contribution in [-0.2, 0) is 4.79 Å². The summed E-state index contributed by atoms with van der Waals surface area (Å²) in [5, 5.41) is 40.4. The zero-order valence-electron chi connectivity index (χ0n) is 12.2. The third kappa shape index (κ3) is 2.22. The van der Waals surface area contributed by atoms with Crippen LogP contribution in [0.4, 0.5) is 0 Å². The molecule has 0 radical (unpaired) electrons. The van der Waals surface area contributed by atoms with Gasteiger partial charge in [-0.05, 0) is 32.3 Å². The first-order chi connectivity index (χ1) is 9.13. The fourth-order valence-corrected chi connectivity index (χ4v) is 3.93. The lowest BCUT2D eigenvalue weighted by Crippen LogP contribution is -2.61. The average Bonchev–Trinajstić information content (AvgIpc) is 2.34. The van der Waals surface area contributed by atoms with E-state index < -0.39 is 35.7 Å². The van der Waals surface area contributed by atoms with Gasteiger partial charge in [0.15, 0.2) is 5.78 Å². The van der Waals surface area contributed by atoms with Crippen LogP contribution in [0.5, 0.6) is 0 Å². The van der Waals surface area contributed by atoms with Crippen molar-refractivity contribution >= 4 is 5.78 Å². The molecular weight excluding hydrogens is 260 g/mol. The van der Waals surface area contributed by atoms with Crippen LogP contribution >= 0.6 is 0 Å². The van der Waals surface area contributed by atoms with Gasteiger partial charge in [0.1, 0.15) is 0 Å². The topological polar surface area (TPSA) is 98.0 Å². The van der Waals surface area contributed by atoms with Gasteiger partial charge < -0.3 is 20.4 Å². The molecule has 0 spiro atoms. The van der Waals surface area contributed by atoms with Gasteiger partial charge in [-0.25, -0.2) is 0 Å². The van der Waals surface area contributed by atoms with E-state index in [-0.39, 0.29) is 18.1 Å². The SMILES string of the molecule is CC1=CC(=O)C[C@]2(C)[C@@H]1C[C@H]([C@@](C)(O)CO)[C@@H](O)[C@H]2O. The van der Waals surface area contributed by atoms with Crippen molar-refractivity contribution in [3.05, 3.63) is 11.6 Å². The Hall–Kier alpha value is -0.750. The lowest BCUT2D eigenvalue weighted by molar-refractivity contribution is -0.190. The fourth-order valence-electron chi connectivity index (χ4n) is 3.93. The standard InChI is InChI=1S/C15H24O5/c1-8-4-9(17)6-14(2)10(8)5-11(12(18)13(14)19)15(3,20)7-16/h4,10-13,16,18-20H,5-7H2,1-3H3/t10-,11+,12-,13-,14-,15+/m1/s1. The molecule has 2 aliphatic rings. The molecule has 20 heavy (non-hydrogen) atoms. The van der Waals surface area contributed by atoms with E-state index in [0.29, 0.717) is 6.42 Å². The molecule has 4 N–H and O–H groups in total. The summed E-state index contributed by atoms with van der Waals surface area (Å²) in [6.45, 7) is 4.63. The first-order valence-electron chi connectivity index (χ1n) is 7.04. The Morgan fingerprint density at radius 3 is 2.60 bits per heavy atom. The molecular formula is C15H24O5. The molecule has 6 atom stereocenters. The highest BCUT2D eigenvalue weighted by Crippen LogP contribution is 2.53. The first kappa shape index (κ1) is 15.6. The first-order valence-corrected chi connectivity index (χ1v) is 7.04. The number of hydrogen-bond acceptors (Lipinski definition) is 5. The Bertz CT molecular complexity index is 442. The molecule has 0 saturated heterocycles. The molecule has 2 rings (SSSR count). The van der Waals surface area contributed by atoms with Crippen molar-refractivity contribution in [1.82, 2.24) is 0 Å². The summed E-state index contributed by atoms with van der Waals surface area (Å²) < 4.78 is 0. The maximum Gasteiger partial charge on any atom is 0.156 e. The van der Waals surface area contributed by atoms with Gasteiger partial charge in [0.25, 0.3) is 0 Å². The number of rotatable bonds is 2. The van der Waals surface area contributed by atoms with Crippen molar-refractivity contribution in [1.29, 1.82) is 0 Å². The van der Waals surface area contributed by atoms with Crippen LogP contribution in [-0.4, -0.2) is 50.6 Å². The smallest absolute Gasteiger partial charge is 0.156 e. The van der Waals surface area contributed by atoms with Gasteiger partial charge in [-0.2, -0.15) is 0 Å². The summed E-state index contributed by atoms with van der Waals surface area (Å²) in [5.41, 5.74) is -1.30. The zero-order chi connectivity index (χ0) is 15.3. The van der Waals surface area contributed by atoms with E-state index in [4.69, 9.17) is 0 Å². The van der Waals surface area contributed by atoms with Crippen molar-refractivity contribution in [2.45, 2.75) is 51.4 Å². The van der Waals surface area contributed by atoms with Crippen LogP contribution in [0.15, 0.2) is 11.6 Å². The Morgan fingerprint density at radius 1 is 1.45 bits per heavy atom. The predicted octanol–water partition coefficient (Wildman–Crippen LogP) is 0.0130. The maximum atomic E-state index is 11.8. The van der Waals surface area contributed by atoms with Gasteiger partial charge in [-0.3, -0.25) is 4.79 Å². The average molecular weight is 284 g/mol. The van der Waals surface area contributed by atoms with Crippen molar-refractivity contribution < 1.29 is 25.2 Å². The van der Waals surface area contributed by atoms with Crippen LogP contribution in [0, 0.1) is 17.3 Å². The van der Waals surface area contributed by atoms with Gasteiger partial charge in [0, 0.05) is 17.8 Å². The summed E-state index contributed by atoms with van der Waals surface area (Å²) in [5.74, 6) is -0.751. The third-order valence-electron chi connectivity index (χ3n) is 5.31. The van der Waals surface area contributed by atoms with Crippen LogP contribution in [0.25, 0.3) is 0 Å². The second-order valence-electron chi connectivity index (χ2n) is 6.88. The minimum atomic E-state index is -1.45. The van der Waals surface area contributed by atoms with Crippen molar-refractivity contribution in [3.8, 4) is 0 Å². The fraction of sp³-hybridized carbons (Fsp3) is 0.800. The number of aliphatic hydroxyl groups excluding tert-OH is 3. The van der Waals surface area contributed by atoms with Crippen LogP contribution in [0.2, 0.25) is 0 Å². The van der Waals surface area contributed by atoms with E-state index in [9.17, 15) is 25.2 Å². The summed E-state index contributed by atoms with van der Waals surface area (Å²) in [4.78, 5) is 11.8. The van der Waals surface area contributed by atoms with Crippen molar-refractivity contribution in [2.75, 3.05) is 6.61 Å². The molecule has 0 heterocycles. The van der Waals surface area contributed by atoms with Gasteiger partial charge in [-0.15, -0.1) is 0 Å². The van der Waals surface area contributed by atoms with E-state index in [1.165, 1.54) is 6.92 Å². The molecule has 1 saturated carbocycles. The zero-order valence-corrected chi connectivity index (χ0v) is 12.2. The molecule has 5 nitrogen and oxygen atoms in total. The molecule has 1 fully saturated rings.